The monoisotopic (exact) mass is 206 g/mol. The minimum atomic E-state index is -0.334. The molecule has 0 amide bonds. The van der Waals surface area contributed by atoms with Crippen molar-refractivity contribution >= 4 is 5.78 Å². The van der Waals surface area contributed by atoms with Gasteiger partial charge in [0.05, 0.1) is 11.6 Å². The van der Waals surface area contributed by atoms with Gasteiger partial charge in [0.2, 0.25) is 0 Å². The lowest BCUT2D eigenvalue weighted by molar-refractivity contribution is -0.118. The van der Waals surface area contributed by atoms with Gasteiger partial charge in [0.15, 0.2) is 0 Å². The third kappa shape index (κ3) is 1.71. The molecule has 1 heterocycles. The van der Waals surface area contributed by atoms with Gasteiger partial charge in [-0.05, 0) is 38.7 Å². The van der Waals surface area contributed by atoms with E-state index in [1.165, 1.54) is 6.92 Å². The highest BCUT2D eigenvalue weighted by Gasteiger charge is 2.23. The summed E-state index contributed by atoms with van der Waals surface area (Å²) in [5, 5.41) is 0. The van der Waals surface area contributed by atoms with Crippen LogP contribution >= 0.6 is 0 Å². The van der Waals surface area contributed by atoms with Crippen molar-refractivity contribution in [1.29, 1.82) is 0 Å². The average molecular weight is 206 g/mol. The smallest absolute Gasteiger partial charge is 0.310 e. The Balaban J connectivity index is 2.56. The summed E-state index contributed by atoms with van der Waals surface area (Å²) >= 11 is 0. The highest BCUT2D eigenvalue weighted by Crippen LogP contribution is 2.26. The number of aryl methyl sites for hydroxylation is 1. The van der Waals surface area contributed by atoms with Gasteiger partial charge in [-0.15, -0.1) is 0 Å². The second-order valence-electron chi connectivity index (χ2n) is 4.07. The number of aromatic nitrogens is 2. The van der Waals surface area contributed by atoms with E-state index < -0.39 is 0 Å². The fourth-order valence-corrected chi connectivity index (χ4v) is 2.05. The quantitative estimate of drug-likeness (QED) is 0.783. The minimum Gasteiger partial charge on any atom is -0.310 e. The van der Waals surface area contributed by atoms with Gasteiger partial charge >= 0.3 is 5.69 Å². The summed E-state index contributed by atoms with van der Waals surface area (Å²) in [6.45, 7) is 3.34. The fourth-order valence-electron chi connectivity index (χ4n) is 2.05. The summed E-state index contributed by atoms with van der Waals surface area (Å²) in [6.07, 6.45) is 2.85. The zero-order valence-corrected chi connectivity index (χ0v) is 8.96. The summed E-state index contributed by atoms with van der Waals surface area (Å²) < 4.78 is 0. The van der Waals surface area contributed by atoms with Crippen LogP contribution in [0.25, 0.3) is 0 Å². The number of hydrogen-bond acceptors (Lipinski definition) is 3. The van der Waals surface area contributed by atoms with Gasteiger partial charge in [-0.25, -0.2) is 4.79 Å². The molecule has 0 saturated heterocycles. The molecule has 15 heavy (non-hydrogen) atoms. The maximum absolute atomic E-state index is 11.3. The Bertz CT molecular complexity index is 462. The van der Waals surface area contributed by atoms with Crippen LogP contribution in [-0.4, -0.2) is 15.8 Å². The first-order valence-corrected chi connectivity index (χ1v) is 5.22. The van der Waals surface area contributed by atoms with Crippen molar-refractivity contribution < 1.29 is 4.79 Å². The molecule has 80 valence electrons. The molecule has 1 aliphatic carbocycles. The molecule has 1 N–H and O–H groups in total. The van der Waals surface area contributed by atoms with Crippen molar-refractivity contribution in [2.24, 2.45) is 0 Å². The van der Waals surface area contributed by atoms with Crippen molar-refractivity contribution in [3.05, 3.63) is 27.4 Å². The van der Waals surface area contributed by atoms with E-state index in [2.05, 4.69) is 9.97 Å². The minimum absolute atomic E-state index is 0.0576. The predicted molar refractivity (Wildman–Crippen MR) is 56.0 cm³/mol. The Hall–Kier alpha value is -1.45. The zero-order chi connectivity index (χ0) is 11.0. The number of ketones is 1. The van der Waals surface area contributed by atoms with Crippen LogP contribution in [0.4, 0.5) is 0 Å². The first kappa shape index (κ1) is 10.1. The van der Waals surface area contributed by atoms with Gasteiger partial charge in [-0.2, -0.15) is 4.98 Å². The molecule has 1 aromatic heterocycles. The van der Waals surface area contributed by atoms with Crippen LogP contribution in [0.3, 0.4) is 0 Å². The number of nitrogens with zero attached hydrogens (tertiary/aromatic N) is 1. The van der Waals surface area contributed by atoms with Gasteiger partial charge in [0.25, 0.3) is 0 Å². The molecule has 1 aliphatic rings. The number of rotatable bonds is 2. The molecule has 1 atom stereocenters. The Morgan fingerprint density at radius 2 is 2.20 bits per heavy atom. The molecular formula is C11H14N2O2. The highest BCUT2D eigenvalue weighted by molar-refractivity contribution is 5.82. The Kier molecular flexibility index (Phi) is 2.42. The number of nitrogens with one attached hydrogen (secondary N) is 1. The van der Waals surface area contributed by atoms with Gasteiger partial charge in [0.1, 0.15) is 5.78 Å². The van der Waals surface area contributed by atoms with Crippen LogP contribution in [0.1, 0.15) is 43.1 Å². The second kappa shape index (κ2) is 3.61. The molecule has 1 unspecified atom stereocenters. The number of hydrogen-bond donors (Lipinski definition) is 1. The maximum Gasteiger partial charge on any atom is 0.345 e. The fraction of sp³-hybridized carbons (Fsp3) is 0.545. The van der Waals surface area contributed by atoms with Gasteiger partial charge in [0, 0.05) is 5.69 Å². The third-order valence-electron chi connectivity index (χ3n) is 3.03. The topological polar surface area (TPSA) is 62.8 Å². The van der Waals surface area contributed by atoms with Crippen LogP contribution in [-0.2, 0) is 17.6 Å². The molecule has 0 saturated carbocycles. The van der Waals surface area contributed by atoms with E-state index in [9.17, 15) is 9.59 Å². The summed E-state index contributed by atoms with van der Waals surface area (Å²) in [4.78, 5) is 29.3. The van der Waals surface area contributed by atoms with E-state index in [0.717, 1.165) is 30.5 Å². The van der Waals surface area contributed by atoms with Crippen LogP contribution in [0.5, 0.6) is 0 Å². The van der Waals surface area contributed by atoms with Crippen molar-refractivity contribution in [1.82, 2.24) is 9.97 Å². The van der Waals surface area contributed by atoms with Crippen molar-refractivity contribution in [2.45, 2.75) is 39.0 Å². The summed E-state index contributed by atoms with van der Waals surface area (Å²) in [7, 11) is 0. The third-order valence-corrected chi connectivity index (χ3v) is 3.03. The SMILES string of the molecule is CC(=O)C(C)c1nc(=O)[nH]c2c1CCC2. The molecule has 0 spiro atoms. The Morgan fingerprint density at radius 3 is 2.87 bits per heavy atom. The zero-order valence-electron chi connectivity index (χ0n) is 8.96. The predicted octanol–water partition coefficient (Wildman–Crippen LogP) is 0.951. The van der Waals surface area contributed by atoms with Crippen molar-refractivity contribution in [2.75, 3.05) is 0 Å². The summed E-state index contributed by atoms with van der Waals surface area (Å²) in [5.74, 6) is -0.207. The van der Waals surface area contributed by atoms with E-state index >= 15 is 0 Å². The summed E-state index contributed by atoms with van der Waals surface area (Å²) in [6, 6.07) is 0. The lowest BCUT2D eigenvalue weighted by Crippen LogP contribution is -2.20. The van der Waals surface area contributed by atoms with Gasteiger partial charge in [-0.3, -0.25) is 4.79 Å². The molecular weight excluding hydrogens is 192 g/mol. The molecule has 0 bridgehead atoms. The highest BCUT2D eigenvalue weighted by atomic mass is 16.1. The number of fused-ring (bicyclic) bond motifs is 1. The van der Waals surface area contributed by atoms with Crippen LogP contribution in [0, 0.1) is 0 Å². The Labute approximate surface area is 87.7 Å². The van der Waals surface area contributed by atoms with Gasteiger partial charge in [-0.1, -0.05) is 0 Å². The molecule has 0 aliphatic heterocycles. The Morgan fingerprint density at radius 1 is 1.47 bits per heavy atom. The van der Waals surface area contributed by atoms with Crippen LogP contribution in [0.2, 0.25) is 0 Å². The van der Waals surface area contributed by atoms with Crippen molar-refractivity contribution in [3.63, 3.8) is 0 Å². The molecule has 0 aromatic carbocycles. The molecule has 4 nitrogen and oxygen atoms in total. The van der Waals surface area contributed by atoms with E-state index in [-0.39, 0.29) is 17.4 Å². The first-order valence-electron chi connectivity index (χ1n) is 5.22. The number of Topliss-reactive ketones (excluding diaryl/α,β-unsaturated/α-hetero) is 1. The van der Waals surface area contributed by atoms with Crippen LogP contribution < -0.4 is 5.69 Å². The number of carbonyl (C=O) groups is 1. The summed E-state index contributed by atoms with van der Waals surface area (Å²) in [5.41, 5.74) is 2.40. The number of H-pyrrole nitrogens is 1. The molecule has 0 radical (unpaired) electrons. The standard InChI is InChI=1S/C11H14N2O2/c1-6(7(2)14)10-8-4-3-5-9(8)12-11(15)13-10/h6H,3-5H2,1-2H3,(H,12,13,15). The van der Waals surface area contributed by atoms with E-state index in [4.69, 9.17) is 0 Å². The number of carbonyl (C=O) groups excluding carboxylic acids is 1. The molecule has 1 aromatic rings. The van der Waals surface area contributed by atoms with E-state index in [1.54, 1.807) is 0 Å². The van der Waals surface area contributed by atoms with E-state index in [1.807, 2.05) is 6.92 Å². The van der Waals surface area contributed by atoms with Crippen molar-refractivity contribution in [3.8, 4) is 0 Å². The lowest BCUT2D eigenvalue weighted by atomic mass is 9.98. The van der Waals surface area contributed by atoms with Crippen LogP contribution in [0.15, 0.2) is 4.79 Å². The average Bonchev–Trinajstić information content (AvgIpc) is 2.62. The largest absolute Gasteiger partial charge is 0.345 e. The van der Waals surface area contributed by atoms with Gasteiger partial charge < -0.3 is 4.98 Å². The second-order valence-corrected chi connectivity index (χ2v) is 4.07. The normalized spacial score (nSPS) is 16.1. The first-order chi connectivity index (χ1) is 7.09. The molecule has 0 fully saturated rings. The van der Waals surface area contributed by atoms with E-state index in [0.29, 0.717) is 5.69 Å². The lowest BCUT2D eigenvalue weighted by Gasteiger charge is -2.11. The molecule has 4 heteroatoms. The number of aromatic amines is 1. The molecule has 2 rings (SSSR count). The maximum atomic E-state index is 11.3.